The van der Waals surface area contributed by atoms with Crippen molar-refractivity contribution in [3.8, 4) is 0 Å². The molecular weight excluding hydrogens is 310 g/mol. The van der Waals surface area contributed by atoms with E-state index in [4.69, 9.17) is 0 Å². The minimum Gasteiger partial charge on any atom is -0.294 e. The molecule has 0 saturated heterocycles. The molecule has 0 aromatic heterocycles. The molecule has 1 fully saturated rings. The van der Waals surface area contributed by atoms with E-state index in [0.29, 0.717) is 31.7 Å². The Kier molecular flexibility index (Phi) is 3.30. The lowest BCUT2D eigenvalue weighted by atomic mass is 9.78. The number of rotatable bonds is 0. The zero-order chi connectivity index (χ0) is 16.3. The molecular formula is C15H12F6O. The number of ketones is 1. The topological polar surface area (TPSA) is 17.1 Å². The maximum atomic E-state index is 13.2. The maximum absolute atomic E-state index is 13.2. The summed E-state index contributed by atoms with van der Waals surface area (Å²) >= 11 is 0. The van der Waals surface area contributed by atoms with Crippen molar-refractivity contribution in [1.29, 1.82) is 0 Å². The van der Waals surface area contributed by atoms with E-state index in [1.165, 1.54) is 0 Å². The highest BCUT2D eigenvalue weighted by atomic mass is 19.4. The molecule has 2 aliphatic rings. The summed E-state index contributed by atoms with van der Waals surface area (Å²) < 4.78 is 78.2. The van der Waals surface area contributed by atoms with Crippen molar-refractivity contribution in [2.45, 2.75) is 44.0 Å². The van der Waals surface area contributed by atoms with Gasteiger partial charge in [0.05, 0.1) is 11.1 Å². The first kappa shape index (κ1) is 15.4. The van der Waals surface area contributed by atoms with E-state index in [-0.39, 0.29) is 17.2 Å². The van der Waals surface area contributed by atoms with Gasteiger partial charge in [-0.2, -0.15) is 26.3 Å². The van der Waals surface area contributed by atoms with Crippen molar-refractivity contribution in [2.24, 2.45) is 5.92 Å². The number of hydrogen-bond acceptors (Lipinski definition) is 1. The molecule has 1 aromatic rings. The lowest BCUT2D eigenvalue weighted by molar-refractivity contribution is -0.143. The Bertz CT molecular complexity index is 628. The van der Waals surface area contributed by atoms with Crippen LogP contribution in [0.5, 0.6) is 0 Å². The summed E-state index contributed by atoms with van der Waals surface area (Å²) in [5.41, 5.74) is -3.33. The molecule has 0 heterocycles. The van der Waals surface area contributed by atoms with E-state index >= 15 is 0 Å². The van der Waals surface area contributed by atoms with E-state index in [1.54, 1.807) is 0 Å². The molecule has 0 spiro atoms. The Morgan fingerprint density at radius 3 is 2.00 bits per heavy atom. The SMILES string of the molecule is O=C1c2cc(C(F)(F)F)cc(C(F)(F)F)c2C2CCCCC12. The van der Waals surface area contributed by atoms with Crippen molar-refractivity contribution in [3.63, 3.8) is 0 Å². The number of halogens is 6. The molecule has 0 N–H and O–H groups in total. The highest BCUT2D eigenvalue weighted by Crippen LogP contribution is 2.52. The van der Waals surface area contributed by atoms with Crippen molar-refractivity contribution >= 4 is 5.78 Å². The third-order valence-electron chi connectivity index (χ3n) is 4.55. The number of hydrogen-bond donors (Lipinski definition) is 0. The fourth-order valence-electron chi connectivity index (χ4n) is 3.64. The third kappa shape index (κ3) is 2.30. The first-order valence-electron chi connectivity index (χ1n) is 6.97. The average Bonchev–Trinajstić information content (AvgIpc) is 2.70. The van der Waals surface area contributed by atoms with Crippen LogP contribution in [0, 0.1) is 5.92 Å². The number of carbonyl (C=O) groups excluding carboxylic acids is 1. The van der Waals surface area contributed by atoms with Crippen LogP contribution in [0.1, 0.15) is 58.6 Å². The van der Waals surface area contributed by atoms with Crippen LogP contribution < -0.4 is 0 Å². The van der Waals surface area contributed by atoms with E-state index in [9.17, 15) is 31.1 Å². The molecule has 0 aliphatic heterocycles. The van der Waals surface area contributed by atoms with Crippen LogP contribution in [0.15, 0.2) is 12.1 Å². The first-order valence-corrected chi connectivity index (χ1v) is 6.97. The van der Waals surface area contributed by atoms with Gasteiger partial charge in [-0.05, 0) is 36.5 Å². The van der Waals surface area contributed by atoms with Crippen molar-refractivity contribution in [2.75, 3.05) is 0 Å². The van der Waals surface area contributed by atoms with E-state index < -0.39 is 41.1 Å². The minimum absolute atomic E-state index is 0.142. The second-order valence-corrected chi connectivity index (χ2v) is 5.84. The van der Waals surface area contributed by atoms with Gasteiger partial charge in [0.15, 0.2) is 5.78 Å². The van der Waals surface area contributed by atoms with Gasteiger partial charge in [0, 0.05) is 11.5 Å². The molecule has 0 bridgehead atoms. The van der Waals surface area contributed by atoms with Crippen LogP contribution in [-0.4, -0.2) is 5.78 Å². The number of alkyl halides is 6. The quantitative estimate of drug-likeness (QED) is 0.600. The summed E-state index contributed by atoms with van der Waals surface area (Å²) in [5.74, 6) is -1.78. The van der Waals surface area contributed by atoms with Gasteiger partial charge in [-0.1, -0.05) is 12.8 Å². The van der Waals surface area contributed by atoms with Gasteiger partial charge in [-0.15, -0.1) is 0 Å². The minimum atomic E-state index is -4.91. The zero-order valence-corrected chi connectivity index (χ0v) is 11.3. The average molecular weight is 322 g/mol. The summed E-state index contributed by atoms with van der Waals surface area (Å²) in [6, 6.07) is 0.730. The summed E-state index contributed by atoms with van der Waals surface area (Å²) in [6.07, 6.45) is -7.56. The summed E-state index contributed by atoms with van der Waals surface area (Å²) in [4.78, 5) is 12.3. The molecule has 2 unspecified atom stereocenters. The molecule has 3 rings (SSSR count). The molecule has 1 nitrogen and oxygen atoms in total. The summed E-state index contributed by atoms with van der Waals surface area (Å²) in [7, 11) is 0. The normalized spacial score (nSPS) is 25.1. The number of benzene rings is 1. The van der Waals surface area contributed by atoms with Gasteiger partial charge in [-0.3, -0.25) is 4.79 Å². The van der Waals surface area contributed by atoms with Crippen molar-refractivity contribution in [3.05, 3.63) is 34.4 Å². The van der Waals surface area contributed by atoms with Crippen molar-refractivity contribution < 1.29 is 31.1 Å². The molecule has 1 aromatic carbocycles. The monoisotopic (exact) mass is 322 g/mol. The molecule has 2 aliphatic carbocycles. The van der Waals surface area contributed by atoms with Crippen LogP contribution in [-0.2, 0) is 12.4 Å². The summed E-state index contributed by atoms with van der Waals surface area (Å²) in [6.45, 7) is 0. The van der Waals surface area contributed by atoms with Gasteiger partial charge in [0.2, 0.25) is 0 Å². The second kappa shape index (κ2) is 4.73. The lowest BCUT2D eigenvalue weighted by Crippen LogP contribution is -2.19. The van der Waals surface area contributed by atoms with Crippen LogP contribution >= 0.6 is 0 Å². The molecule has 120 valence electrons. The maximum Gasteiger partial charge on any atom is 0.416 e. The summed E-state index contributed by atoms with van der Waals surface area (Å²) in [5, 5.41) is 0. The largest absolute Gasteiger partial charge is 0.416 e. The lowest BCUT2D eigenvalue weighted by Gasteiger charge is -2.26. The fraction of sp³-hybridized carbons (Fsp3) is 0.533. The van der Waals surface area contributed by atoms with Gasteiger partial charge >= 0.3 is 12.4 Å². The molecule has 1 saturated carbocycles. The van der Waals surface area contributed by atoms with E-state index in [1.807, 2.05) is 0 Å². The highest BCUT2D eigenvalue weighted by Gasteiger charge is 2.48. The Hall–Kier alpha value is -1.53. The molecule has 22 heavy (non-hydrogen) atoms. The molecule has 7 heteroatoms. The smallest absolute Gasteiger partial charge is 0.294 e. The molecule has 2 atom stereocenters. The molecule has 0 amide bonds. The molecule has 0 radical (unpaired) electrons. The fourth-order valence-corrected chi connectivity index (χ4v) is 3.64. The third-order valence-corrected chi connectivity index (χ3v) is 4.55. The second-order valence-electron chi connectivity index (χ2n) is 5.84. The van der Waals surface area contributed by atoms with Gasteiger partial charge in [-0.25, -0.2) is 0 Å². The van der Waals surface area contributed by atoms with Gasteiger partial charge < -0.3 is 0 Å². The predicted molar refractivity (Wildman–Crippen MR) is 65.5 cm³/mol. The number of carbonyl (C=O) groups is 1. The Morgan fingerprint density at radius 2 is 1.45 bits per heavy atom. The van der Waals surface area contributed by atoms with E-state index in [0.717, 1.165) is 0 Å². The van der Waals surface area contributed by atoms with Crippen LogP contribution in [0.3, 0.4) is 0 Å². The van der Waals surface area contributed by atoms with Gasteiger partial charge in [0.25, 0.3) is 0 Å². The van der Waals surface area contributed by atoms with Gasteiger partial charge in [0.1, 0.15) is 0 Å². The standard InChI is InChI=1S/C15H12F6O/c16-14(17,18)7-5-10-12(11(6-7)15(19,20)21)8-3-1-2-4-9(8)13(10)22/h5-6,8-9H,1-4H2. The van der Waals surface area contributed by atoms with Crippen LogP contribution in [0.2, 0.25) is 0 Å². The number of Topliss-reactive ketones (excluding diaryl/α,β-unsaturated/α-hetero) is 1. The first-order chi connectivity index (χ1) is 10.1. The van der Waals surface area contributed by atoms with Crippen LogP contribution in [0.4, 0.5) is 26.3 Å². The van der Waals surface area contributed by atoms with Crippen LogP contribution in [0.25, 0.3) is 0 Å². The Morgan fingerprint density at radius 1 is 0.864 bits per heavy atom. The number of fused-ring (bicyclic) bond motifs is 3. The highest BCUT2D eigenvalue weighted by molar-refractivity contribution is 6.04. The van der Waals surface area contributed by atoms with E-state index in [2.05, 4.69) is 0 Å². The predicted octanol–water partition coefficient (Wildman–Crippen LogP) is 5.19. The Balaban J connectivity index is 2.25. The Labute approximate surface area is 122 Å². The zero-order valence-electron chi connectivity index (χ0n) is 11.3. The van der Waals surface area contributed by atoms with Crippen molar-refractivity contribution in [1.82, 2.24) is 0 Å².